The Balaban J connectivity index is 2.97. The minimum Gasteiger partial charge on any atom is -0.226 e. The molecule has 0 fully saturated rings. The molecule has 1 heterocycles. The maximum absolute atomic E-state index is 12.8. The predicted molar refractivity (Wildman–Crippen MR) is 49.0 cm³/mol. The Bertz CT molecular complexity index is 299. The van der Waals surface area contributed by atoms with Gasteiger partial charge in [0.2, 0.25) is 5.95 Å². The Kier molecular flexibility index (Phi) is 3.50. The third-order valence-corrected chi connectivity index (χ3v) is 1.60. The highest BCUT2D eigenvalue weighted by Gasteiger charge is 1.99. The monoisotopic (exact) mass is 205 g/mol. The van der Waals surface area contributed by atoms with Gasteiger partial charge in [-0.3, -0.25) is 0 Å². The molecule has 0 saturated carbocycles. The molecule has 0 aromatic carbocycles. The lowest BCUT2D eigenvalue weighted by Crippen LogP contribution is -1.86. The highest BCUT2D eigenvalue weighted by atomic mass is 35.5. The number of hydrogen-bond acceptors (Lipinski definition) is 1. The van der Waals surface area contributed by atoms with Gasteiger partial charge in [0.05, 0.1) is 5.02 Å². The number of aromatic nitrogens is 1. The Morgan fingerprint density at radius 1 is 1.58 bits per heavy atom. The summed E-state index contributed by atoms with van der Waals surface area (Å²) in [5, 5.41) is 0.408. The van der Waals surface area contributed by atoms with Crippen LogP contribution in [0.5, 0.6) is 0 Å². The average Bonchev–Trinajstić information content (AvgIpc) is 2.07. The molecule has 0 spiro atoms. The van der Waals surface area contributed by atoms with Gasteiger partial charge in [-0.2, -0.15) is 4.39 Å². The lowest BCUT2D eigenvalue weighted by molar-refractivity contribution is 0.581. The fourth-order valence-electron chi connectivity index (χ4n) is 0.727. The standard InChI is InChI=1S/C8H6Cl2FN/c9-3-1-2-6-4-7(10)5-12-8(6)11/h1-2,4-5H,3H2. The zero-order valence-corrected chi connectivity index (χ0v) is 7.61. The van der Waals surface area contributed by atoms with Crippen molar-refractivity contribution in [3.8, 4) is 0 Å². The second-order valence-corrected chi connectivity index (χ2v) is 2.84. The number of nitrogens with zero attached hydrogens (tertiary/aromatic N) is 1. The maximum atomic E-state index is 12.8. The molecule has 0 N–H and O–H groups in total. The van der Waals surface area contributed by atoms with Gasteiger partial charge in [0.1, 0.15) is 0 Å². The zero-order valence-electron chi connectivity index (χ0n) is 6.10. The molecular formula is C8H6Cl2FN. The molecule has 1 rings (SSSR count). The number of rotatable bonds is 2. The summed E-state index contributed by atoms with van der Waals surface area (Å²) in [4.78, 5) is 3.44. The Morgan fingerprint density at radius 3 is 3.00 bits per heavy atom. The minimum atomic E-state index is -0.541. The number of pyridine rings is 1. The van der Waals surface area contributed by atoms with Crippen LogP contribution in [0.3, 0.4) is 0 Å². The Labute approximate surface area is 79.8 Å². The van der Waals surface area contributed by atoms with Gasteiger partial charge in [0.25, 0.3) is 0 Å². The second-order valence-electron chi connectivity index (χ2n) is 2.09. The van der Waals surface area contributed by atoms with E-state index in [9.17, 15) is 4.39 Å². The molecular weight excluding hydrogens is 200 g/mol. The number of hydrogen-bond donors (Lipinski definition) is 0. The van der Waals surface area contributed by atoms with E-state index in [0.717, 1.165) is 0 Å². The smallest absolute Gasteiger partial charge is 0.220 e. The van der Waals surface area contributed by atoms with E-state index < -0.39 is 5.95 Å². The van der Waals surface area contributed by atoms with Crippen molar-refractivity contribution >= 4 is 29.3 Å². The molecule has 0 saturated heterocycles. The van der Waals surface area contributed by atoms with Crippen LogP contribution >= 0.6 is 23.2 Å². The topological polar surface area (TPSA) is 12.9 Å². The number of halogens is 3. The molecule has 0 radical (unpaired) electrons. The summed E-state index contributed by atoms with van der Waals surface area (Å²) in [7, 11) is 0. The summed E-state index contributed by atoms with van der Waals surface area (Å²) in [5.41, 5.74) is 0.350. The van der Waals surface area contributed by atoms with Gasteiger partial charge in [0, 0.05) is 17.6 Å². The molecule has 1 aromatic heterocycles. The van der Waals surface area contributed by atoms with Crippen molar-refractivity contribution < 1.29 is 4.39 Å². The molecule has 0 unspecified atom stereocenters. The largest absolute Gasteiger partial charge is 0.226 e. The highest BCUT2D eigenvalue weighted by molar-refractivity contribution is 6.30. The normalized spacial score (nSPS) is 10.9. The first-order valence-corrected chi connectivity index (χ1v) is 4.19. The van der Waals surface area contributed by atoms with Crippen molar-refractivity contribution in [2.45, 2.75) is 0 Å². The van der Waals surface area contributed by atoms with Crippen LogP contribution in [0.15, 0.2) is 18.3 Å². The van der Waals surface area contributed by atoms with E-state index in [1.165, 1.54) is 12.3 Å². The van der Waals surface area contributed by atoms with E-state index in [-0.39, 0.29) is 0 Å². The predicted octanol–water partition coefficient (Wildman–Crippen LogP) is 3.13. The van der Waals surface area contributed by atoms with Crippen molar-refractivity contribution in [3.63, 3.8) is 0 Å². The van der Waals surface area contributed by atoms with Crippen LogP contribution in [0, 0.1) is 5.95 Å². The molecule has 4 heteroatoms. The molecule has 0 aliphatic rings. The molecule has 0 bridgehead atoms. The minimum absolute atomic E-state index is 0.339. The van der Waals surface area contributed by atoms with Crippen LogP contribution in [-0.4, -0.2) is 10.9 Å². The fourth-order valence-corrected chi connectivity index (χ4v) is 0.982. The van der Waals surface area contributed by atoms with Crippen LogP contribution in [0.2, 0.25) is 5.02 Å². The maximum Gasteiger partial charge on any atom is 0.220 e. The van der Waals surface area contributed by atoms with E-state index in [1.807, 2.05) is 0 Å². The first kappa shape index (κ1) is 9.49. The highest BCUT2D eigenvalue weighted by Crippen LogP contribution is 2.13. The van der Waals surface area contributed by atoms with Crippen molar-refractivity contribution in [2.24, 2.45) is 0 Å². The third kappa shape index (κ3) is 2.47. The summed E-state index contributed by atoms with van der Waals surface area (Å²) in [5.74, 6) is -0.202. The lowest BCUT2D eigenvalue weighted by atomic mass is 10.2. The molecule has 0 atom stereocenters. The van der Waals surface area contributed by atoms with E-state index in [1.54, 1.807) is 12.2 Å². The summed E-state index contributed by atoms with van der Waals surface area (Å²) >= 11 is 11.0. The molecule has 1 aromatic rings. The average molecular weight is 206 g/mol. The van der Waals surface area contributed by atoms with E-state index in [0.29, 0.717) is 16.5 Å². The van der Waals surface area contributed by atoms with Gasteiger partial charge in [0.15, 0.2) is 0 Å². The van der Waals surface area contributed by atoms with E-state index in [2.05, 4.69) is 4.98 Å². The second kappa shape index (κ2) is 4.43. The summed E-state index contributed by atoms with van der Waals surface area (Å²) in [6, 6.07) is 1.49. The molecule has 0 aliphatic heterocycles. The van der Waals surface area contributed by atoms with Crippen LogP contribution in [0.25, 0.3) is 6.08 Å². The third-order valence-electron chi connectivity index (χ3n) is 1.22. The number of alkyl halides is 1. The van der Waals surface area contributed by atoms with Crippen molar-refractivity contribution in [2.75, 3.05) is 5.88 Å². The van der Waals surface area contributed by atoms with E-state index >= 15 is 0 Å². The summed E-state index contributed by atoms with van der Waals surface area (Å²) in [6.45, 7) is 0. The van der Waals surface area contributed by atoms with Gasteiger partial charge in [-0.15, -0.1) is 11.6 Å². The van der Waals surface area contributed by atoms with Crippen molar-refractivity contribution in [3.05, 3.63) is 34.9 Å². The van der Waals surface area contributed by atoms with Gasteiger partial charge in [-0.1, -0.05) is 23.8 Å². The van der Waals surface area contributed by atoms with Gasteiger partial charge >= 0.3 is 0 Å². The van der Waals surface area contributed by atoms with Gasteiger partial charge < -0.3 is 0 Å². The van der Waals surface area contributed by atoms with Crippen molar-refractivity contribution in [1.29, 1.82) is 0 Å². The SMILES string of the molecule is Fc1ncc(Cl)cc1C=CCCl. The first-order chi connectivity index (χ1) is 5.74. The molecule has 0 amide bonds. The first-order valence-electron chi connectivity index (χ1n) is 3.27. The van der Waals surface area contributed by atoms with E-state index in [4.69, 9.17) is 23.2 Å². The van der Waals surface area contributed by atoms with Crippen LogP contribution in [-0.2, 0) is 0 Å². The van der Waals surface area contributed by atoms with Gasteiger partial charge in [-0.05, 0) is 6.07 Å². The van der Waals surface area contributed by atoms with Crippen LogP contribution < -0.4 is 0 Å². The summed E-state index contributed by atoms with van der Waals surface area (Å²) < 4.78 is 12.8. The molecule has 0 aliphatic carbocycles. The molecule has 64 valence electrons. The van der Waals surface area contributed by atoms with Crippen LogP contribution in [0.4, 0.5) is 4.39 Å². The molecule has 12 heavy (non-hydrogen) atoms. The summed E-state index contributed by atoms with van der Waals surface area (Å²) in [6.07, 6.45) is 4.42. The fraction of sp³-hybridized carbons (Fsp3) is 0.125. The van der Waals surface area contributed by atoms with Crippen molar-refractivity contribution in [1.82, 2.24) is 4.98 Å². The molecule has 1 nitrogen and oxygen atoms in total. The zero-order chi connectivity index (χ0) is 8.97. The number of allylic oxidation sites excluding steroid dienone is 1. The Morgan fingerprint density at radius 2 is 2.33 bits per heavy atom. The Hall–Kier alpha value is -0.600. The van der Waals surface area contributed by atoms with Gasteiger partial charge in [-0.25, -0.2) is 4.98 Å². The lowest BCUT2D eigenvalue weighted by Gasteiger charge is -1.95. The quantitative estimate of drug-likeness (QED) is 0.535. The van der Waals surface area contributed by atoms with Crippen LogP contribution in [0.1, 0.15) is 5.56 Å².